The number of carbonyl (C=O) groups excluding carboxylic acids is 3. The zero-order valence-electron chi connectivity index (χ0n) is 47.9. The minimum Gasteiger partial charge on any atom is -0.462 e. The monoisotopic (exact) mass is 1010 g/mol. The van der Waals surface area contributed by atoms with Crippen molar-refractivity contribution >= 4 is 17.9 Å². The molecule has 0 fully saturated rings. The first-order valence-electron chi connectivity index (χ1n) is 30.7. The van der Waals surface area contributed by atoms with Gasteiger partial charge in [-0.2, -0.15) is 0 Å². The standard InChI is InChI=1S/C67H114O6/c1-4-7-10-13-16-19-22-25-28-31-33-36-39-42-45-48-51-54-57-60-66(69)72-63-64(62-71-65(68)59-56-53-50-47-44-41-38-35-30-27-24-21-18-15-12-9-6-3)73-67(70)61-58-55-52-49-46-43-40-37-34-32-29-26-23-20-17-14-11-8-5-2/h16,18-19,21,25,27-28,30,32-34,36,38,41-42,45,64H,4-15,17,20,22-24,26,29,31,35,37,39-40,43-44,46-63H2,1-3H3/b19-16-,21-18-,28-25-,30-27-,34-32-,36-33-,41-38-,45-42-/t64-/m1/s1. The fourth-order valence-electron chi connectivity index (χ4n) is 8.37. The summed E-state index contributed by atoms with van der Waals surface area (Å²) in [6.45, 7) is 6.55. The van der Waals surface area contributed by atoms with Gasteiger partial charge in [-0.25, -0.2) is 0 Å². The number of hydrogen-bond acceptors (Lipinski definition) is 6. The van der Waals surface area contributed by atoms with Crippen LogP contribution in [0.5, 0.6) is 0 Å². The van der Waals surface area contributed by atoms with Crippen molar-refractivity contribution < 1.29 is 28.6 Å². The van der Waals surface area contributed by atoms with E-state index in [1.165, 1.54) is 141 Å². The van der Waals surface area contributed by atoms with E-state index in [0.29, 0.717) is 19.3 Å². The molecule has 0 aliphatic rings. The van der Waals surface area contributed by atoms with Crippen molar-refractivity contribution in [3.05, 3.63) is 97.2 Å². The molecule has 0 saturated carbocycles. The molecule has 0 N–H and O–H groups in total. The summed E-state index contributed by atoms with van der Waals surface area (Å²) in [4.78, 5) is 38.3. The number of esters is 3. The van der Waals surface area contributed by atoms with E-state index < -0.39 is 6.10 Å². The molecule has 0 heterocycles. The van der Waals surface area contributed by atoms with Crippen molar-refractivity contribution in [2.75, 3.05) is 13.2 Å². The molecule has 73 heavy (non-hydrogen) atoms. The molecular weight excluding hydrogens is 901 g/mol. The largest absolute Gasteiger partial charge is 0.462 e. The molecule has 0 saturated heterocycles. The van der Waals surface area contributed by atoms with Crippen LogP contribution < -0.4 is 0 Å². The first-order valence-corrected chi connectivity index (χ1v) is 30.7. The second kappa shape index (κ2) is 60.9. The van der Waals surface area contributed by atoms with E-state index in [2.05, 4.69) is 118 Å². The topological polar surface area (TPSA) is 78.9 Å². The highest BCUT2D eigenvalue weighted by atomic mass is 16.6. The predicted octanol–water partition coefficient (Wildman–Crippen LogP) is 20.9. The zero-order chi connectivity index (χ0) is 52.9. The Morgan fingerprint density at radius 2 is 0.493 bits per heavy atom. The van der Waals surface area contributed by atoms with Crippen molar-refractivity contribution in [1.29, 1.82) is 0 Å². The average molecular weight is 1020 g/mol. The van der Waals surface area contributed by atoms with Gasteiger partial charge in [0, 0.05) is 19.3 Å². The number of carbonyl (C=O) groups is 3. The van der Waals surface area contributed by atoms with Crippen LogP contribution in [0.15, 0.2) is 97.2 Å². The van der Waals surface area contributed by atoms with E-state index in [0.717, 1.165) is 109 Å². The Hall–Kier alpha value is -3.67. The third-order valence-corrected chi connectivity index (χ3v) is 13.0. The van der Waals surface area contributed by atoms with Crippen molar-refractivity contribution in [3.63, 3.8) is 0 Å². The minimum absolute atomic E-state index is 0.101. The van der Waals surface area contributed by atoms with Crippen molar-refractivity contribution in [2.45, 2.75) is 297 Å². The molecular formula is C67H114O6. The fraction of sp³-hybridized carbons (Fsp3) is 0.716. The quantitative estimate of drug-likeness (QED) is 0.0261. The molecule has 0 unspecified atom stereocenters. The van der Waals surface area contributed by atoms with E-state index in [1.807, 2.05) is 0 Å². The van der Waals surface area contributed by atoms with Gasteiger partial charge in [0.05, 0.1) is 0 Å². The number of hydrogen-bond donors (Lipinski definition) is 0. The Morgan fingerprint density at radius 3 is 0.822 bits per heavy atom. The van der Waals surface area contributed by atoms with Gasteiger partial charge in [0.15, 0.2) is 6.10 Å². The summed E-state index contributed by atoms with van der Waals surface area (Å²) in [6.07, 6.45) is 81.1. The fourth-order valence-corrected chi connectivity index (χ4v) is 8.37. The molecule has 0 amide bonds. The smallest absolute Gasteiger partial charge is 0.306 e. The van der Waals surface area contributed by atoms with E-state index >= 15 is 0 Å². The number of rotatable bonds is 55. The minimum atomic E-state index is -0.805. The van der Waals surface area contributed by atoms with E-state index in [1.54, 1.807) is 0 Å². The molecule has 0 bridgehead atoms. The van der Waals surface area contributed by atoms with Crippen LogP contribution in [0.2, 0.25) is 0 Å². The Kier molecular flexibility index (Phi) is 57.8. The summed E-state index contributed by atoms with van der Waals surface area (Å²) in [5.41, 5.74) is 0. The van der Waals surface area contributed by atoms with Gasteiger partial charge in [0.1, 0.15) is 13.2 Å². The molecule has 0 aromatic rings. The van der Waals surface area contributed by atoms with Crippen LogP contribution in [0.1, 0.15) is 290 Å². The Labute approximate surface area is 451 Å². The van der Waals surface area contributed by atoms with Crippen LogP contribution in [0.25, 0.3) is 0 Å². The van der Waals surface area contributed by atoms with Crippen molar-refractivity contribution in [3.8, 4) is 0 Å². The van der Waals surface area contributed by atoms with Gasteiger partial charge in [-0.05, 0) is 128 Å². The van der Waals surface area contributed by atoms with Crippen LogP contribution in [0, 0.1) is 0 Å². The highest BCUT2D eigenvalue weighted by Gasteiger charge is 2.19. The van der Waals surface area contributed by atoms with Gasteiger partial charge < -0.3 is 14.2 Å². The first-order chi connectivity index (χ1) is 36.0. The maximum absolute atomic E-state index is 12.9. The highest BCUT2D eigenvalue weighted by Crippen LogP contribution is 2.15. The van der Waals surface area contributed by atoms with Gasteiger partial charge >= 0.3 is 17.9 Å². The lowest BCUT2D eigenvalue weighted by molar-refractivity contribution is -0.167. The molecule has 0 aromatic carbocycles. The second-order valence-corrected chi connectivity index (χ2v) is 20.2. The Morgan fingerprint density at radius 1 is 0.274 bits per heavy atom. The molecule has 0 spiro atoms. The summed E-state index contributed by atoms with van der Waals surface area (Å²) in [5.74, 6) is -0.950. The lowest BCUT2D eigenvalue weighted by Gasteiger charge is -2.18. The molecule has 0 rings (SSSR count). The third-order valence-electron chi connectivity index (χ3n) is 13.0. The van der Waals surface area contributed by atoms with E-state index in [9.17, 15) is 14.4 Å². The van der Waals surface area contributed by atoms with Crippen LogP contribution in [-0.2, 0) is 28.6 Å². The molecule has 418 valence electrons. The molecule has 1 atom stereocenters. The first kappa shape index (κ1) is 69.3. The number of allylic oxidation sites excluding steroid dienone is 16. The number of unbranched alkanes of at least 4 members (excludes halogenated alkanes) is 28. The normalized spacial score (nSPS) is 12.8. The molecule has 0 aromatic heterocycles. The lowest BCUT2D eigenvalue weighted by Crippen LogP contribution is -2.30. The van der Waals surface area contributed by atoms with Gasteiger partial charge in [0.2, 0.25) is 0 Å². The molecule has 0 radical (unpaired) electrons. The van der Waals surface area contributed by atoms with E-state index in [4.69, 9.17) is 14.2 Å². The SMILES string of the molecule is CCCCC/C=C\C/C=C\C/C=C\C/C=C\CCCCCC(=O)OC[C@@H](COC(=O)CCCCCC/C=C\C/C=C\C/C=C\CCCCC)OC(=O)CCCCCCCCC/C=C\CCCCCCCCCC. The summed E-state index contributed by atoms with van der Waals surface area (Å²) in [6, 6.07) is 0. The van der Waals surface area contributed by atoms with Crippen LogP contribution in [0.4, 0.5) is 0 Å². The maximum Gasteiger partial charge on any atom is 0.306 e. The maximum atomic E-state index is 12.9. The van der Waals surface area contributed by atoms with Gasteiger partial charge in [-0.15, -0.1) is 0 Å². The van der Waals surface area contributed by atoms with Crippen molar-refractivity contribution in [2.24, 2.45) is 0 Å². The third kappa shape index (κ3) is 59.1. The second-order valence-electron chi connectivity index (χ2n) is 20.2. The predicted molar refractivity (Wildman–Crippen MR) is 316 cm³/mol. The summed E-state index contributed by atoms with van der Waals surface area (Å²) >= 11 is 0. The highest BCUT2D eigenvalue weighted by molar-refractivity contribution is 5.71. The van der Waals surface area contributed by atoms with Crippen LogP contribution in [-0.4, -0.2) is 37.2 Å². The van der Waals surface area contributed by atoms with Crippen LogP contribution >= 0.6 is 0 Å². The van der Waals surface area contributed by atoms with Gasteiger partial charge in [-0.3, -0.25) is 14.4 Å². The Balaban J connectivity index is 4.49. The molecule has 6 nitrogen and oxygen atoms in total. The van der Waals surface area contributed by atoms with Gasteiger partial charge in [0.25, 0.3) is 0 Å². The summed E-state index contributed by atoms with van der Waals surface area (Å²) < 4.78 is 16.9. The van der Waals surface area contributed by atoms with Crippen molar-refractivity contribution in [1.82, 2.24) is 0 Å². The van der Waals surface area contributed by atoms with E-state index in [-0.39, 0.29) is 31.1 Å². The van der Waals surface area contributed by atoms with Crippen LogP contribution in [0.3, 0.4) is 0 Å². The number of ether oxygens (including phenoxy) is 3. The molecule has 0 aliphatic heterocycles. The summed E-state index contributed by atoms with van der Waals surface area (Å²) in [5, 5.41) is 0. The molecule has 6 heteroatoms. The molecule has 0 aliphatic carbocycles. The summed E-state index contributed by atoms with van der Waals surface area (Å²) in [7, 11) is 0. The Bertz CT molecular complexity index is 1440. The zero-order valence-corrected chi connectivity index (χ0v) is 47.9. The van der Waals surface area contributed by atoms with Gasteiger partial charge in [-0.1, -0.05) is 240 Å². The lowest BCUT2D eigenvalue weighted by atomic mass is 10.1. The average Bonchev–Trinajstić information content (AvgIpc) is 3.39.